The lowest BCUT2D eigenvalue weighted by Gasteiger charge is -2.50. The summed E-state index contributed by atoms with van der Waals surface area (Å²) in [5, 5.41) is 13.4. The van der Waals surface area contributed by atoms with Gasteiger partial charge in [0.1, 0.15) is 11.9 Å². The molecule has 27 heavy (non-hydrogen) atoms. The van der Waals surface area contributed by atoms with Gasteiger partial charge in [0.15, 0.2) is 0 Å². The molecule has 2 fully saturated rings. The number of hydrogen-bond acceptors (Lipinski definition) is 5. The maximum absolute atomic E-state index is 12.4. The van der Waals surface area contributed by atoms with Gasteiger partial charge in [-0.1, -0.05) is 18.1 Å². The number of esters is 1. The molecule has 0 spiro atoms. The normalized spacial score (nSPS) is 34.4. The van der Waals surface area contributed by atoms with Crippen LogP contribution in [-0.4, -0.2) is 22.3 Å². The van der Waals surface area contributed by atoms with E-state index < -0.39 is 5.97 Å². The quantitative estimate of drug-likeness (QED) is 0.793. The van der Waals surface area contributed by atoms with Gasteiger partial charge in [0.25, 0.3) is 0 Å². The third-order valence-corrected chi connectivity index (χ3v) is 7.51. The van der Waals surface area contributed by atoms with Crippen molar-refractivity contribution >= 4 is 5.97 Å². The molecule has 142 valence electrons. The van der Waals surface area contributed by atoms with Gasteiger partial charge in [0.2, 0.25) is 5.76 Å². The second-order valence-corrected chi connectivity index (χ2v) is 8.69. The van der Waals surface area contributed by atoms with Crippen LogP contribution in [0.2, 0.25) is 0 Å². The molecule has 3 aliphatic carbocycles. The monoisotopic (exact) mass is 367 g/mol. The van der Waals surface area contributed by atoms with Gasteiger partial charge in [-0.2, -0.15) is 0 Å². The van der Waals surface area contributed by atoms with Crippen LogP contribution in [0, 0.1) is 17.3 Å². The smallest absolute Gasteiger partial charge is 0.377 e. The van der Waals surface area contributed by atoms with Gasteiger partial charge in [0.05, 0.1) is 6.20 Å². The first kappa shape index (κ1) is 16.8. The number of carbonyl (C=O) groups excluding carboxylic acids is 1. The molecule has 1 aromatic carbocycles. The van der Waals surface area contributed by atoms with Crippen molar-refractivity contribution in [3.05, 3.63) is 47.3 Å². The molecule has 0 amide bonds. The zero-order chi connectivity index (χ0) is 18.6. The molecule has 2 aromatic rings. The number of hydrogen-bond donors (Lipinski definition) is 1. The van der Waals surface area contributed by atoms with Gasteiger partial charge in [-0.25, -0.2) is 4.79 Å². The summed E-state index contributed by atoms with van der Waals surface area (Å²) in [5.74, 6) is 1.93. The van der Waals surface area contributed by atoms with Crippen molar-refractivity contribution in [1.82, 2.24) is 5.16 Å². The summed E-state index contributed by atoms with van der Waals surface area (Å²) >= 11 is 0. The molecule has 2 saturated carbocycles. The number of benzene rings is 1. The number of rotatable bonds is 2. The molecule has 5 heteroatoms. The molecule has 3 aliphatic rings. The summed E-state index contributed by atoms with van der Waals surface area (Å²) in [5.41, 5.74) is 2.77. The summed E-state index contributed by atoms with van der Waals surface area (Å²) in [6, 6.07) is 7.45. The van der Waals surface area contributed by atoms with Crippen molar-refractivity contribution < 1.29 is 19.2 Å². The molecule has 1 aromatic heterocycles. The number of aryl methyl sites for hydroxylation is 1. The van der Waals surface area contributed by atoms with E-state index in [4.69, 9.17) is 9.26 Å². The Balaban J connectivity index is 1.38. The Kier molecular flexibility index (Phi) is 3.81. The fraction of sp³-hybridized carbons (Fsp3) is 0.545. The Hall–Kier alpha value is -2.30. The van der Waals surface area contributed by atoms with Crippen LogP contribution in [0.1, 0.15) is 66.6 Å². The van der Waals surface area contributed by atoms with Crippen molar-refractivity contribution in [3.8, 4) is 5.75 Å². The molecule has 5 rings (SSSR count). The Morgan fingerprint density at radius 2 is 2.15 bits per heavy atom. The SMILES string of the molecule is C[C@]12CC[C@@H]3c4ccc(O)cc4CC[C@H]3[C@@H]1CCC2OC(=O)c1ccno1. The lowest BCUT2D eigenvalue weighted by atomic mass is 9.55. The minimum Gasteiger partial charge on any atom is -0.508 e. The standard InChI is InChI=1S/C22H25NO4/c1-22-10-8-16-15-5-3-14(24)12-13(15)2-4-17(16)18(22)6-7-20(22)26-21(25)19-9-11-23-27-19/h3,5,9,11-12,16-18,20,24H,2,4,6-8,10H2,1H3/t16-,17-,18+,20?,22+/m1/s1. The summed E-state index contributed by atoms with van der Waals surface area (Å²) in [7, 11) is 0. The number of carbonyl (C=O) groups is 1. The van der Waals surface area contributed by atoms with Crippen LogP contribution in [0.4, 0.5) is 0 Å². The number of phenols is 1. The lowest BCUT2D eigenvalue weighted by molar-refractivity contribution is -0.0447. The molecule has 0 aliphatic heterocycles. The van der Waals surface area contributed by atoms with E-state index in [0.29, 0.717) is 23.5 Å². The van der Waals surface area contributed by atoms with E-state index in [0.717, 1.165) is 38.5 Å². The second-order valence-electron chi connectivity index (χ2n) is 8.69. The Morgan fingerprint density at radius 3 is 2.96 bits per heavy atom. The van der Waals surface area contributed by atoms with E-state index in [1.165, 1.54) is 17.3 Å². The van der Waals surface area contributed by atoms with E-state index in [9.17, 15) is 9.90 Å². The minimum absolute atomic E-state index is 0.0330. The van der Waals surface area contributed by atoms with Crippen molar-refractivity contribution in [2.24, 2.45) is 17.3 Å². The number of ether oxygens (including phenoxy) is 1. The van der Waals surface area contributed by atoms with Gasteiger partial charge in [-0.15, -0.1) is 0 Å². The number of aromatic nitrogens is 1. The summed E-state index contributed by atoms with van der Waals surface area (Å²) in [6.07, 6.45) is 7.82. The molecule has 1 heterocycles. The average Bonchev–Trinajstić information content (AvgIpc) is 3.30. The Morgan fingerprint density at radius 1 is 1.26 bits per heavy atom. The van der Waals surface area contributed by atoms with Gasteiger partial charge in [-0.3, -0.25) is 0 Å². The summed E-state index contributed by atoms with van der Waals surface area (Å²) in [4.78, 5) is 12.4. The molecular formula is C22H25NO4. The molecule has 0 saturated heterocycles. The van der Waals surface area contributed by atoms with E-state index >= 15 is 0 Å². The largest absolute Gasteiger partial charge is 0.508 e. The molecule has 0 radical (unpaired) electrons. The molecule has 1 unspecified atom stereocenters. The minimum atomic E-state index is -0.397. The fourth-order valence-electron chi connectivity index (χ4n) is 6.22. The predicted molar refractivity (Wildman–Crippen MR) is 98.4 cm³/mol. The fourth-order valence-corrected chi connectivity index (χ4v) is 6.22. The average molecular weight is 367 g/mol. The van der Waals surface area contributed by atoms with Crippen LogP contribution in [0.25, 0.3) is 0 Å². The van der Waals surface area contributed by atoms with E-state index in [2.05, 4.69) is 18.1 Å². The number of nitrogens with zero attached hydrogens (tertiary/aromatic N) is 1. The van der Waals surface area contributed by atoms with E-state index in [1.54, 1.807) is 6.07 Å². The lowest BCUT2D eigenvalue weighted by Crippen LogP contribution is -2.45. The van der Waals surface area contributed by atoms with Crippen molar-refractivity contribution in [2.45, 2.75) is 57.5 Å². The summed E-state index contributed by atoms with van der Waals surface area (Å²) in [6.45, 7) is 2.31. The van der Waals surface area contributed by atoms with Crippen LogP contribution in [0.15, 0.2) is 35.0 Å². The molecule has 5 nitrogen and oxygen atoms in total. The molecule has 1 N–H and O–H groups in total. The highest BCUT2D eigenvalue weighted by Gasteiger charge is 2.56. The third-order valence-electron chi connectivity index (χ3n) is 7.51. The van der Waals surface area contributed by atoms with Crippen molar-refractivity contribution in [1.29, 1.82) is 0 Å². The predicted octanol–water partition coefficient (Wildman–Crippen LogP) is 4.46. The van der Waals surface area contributed by atoms with Crippen LogP contribution in [-0.2, 0) is 11.2 Å². The number of aromatic hydroxyl groups is 1. The zero-order valence-corrected chi connectivity index (χ0v) is 15.6. The highest BCUT2D eigenvalue weighted by atomic mass is 16.6. The third kappa shape index (κ3) is 2.59. The number of fused-ring (bicyclic) bond motifs is 5. The molecular weight excluding hydrogens is 342 g/mol. The first-order valence-corrected chi connectivity index (χ1v) is 10.00. The Bertz CT molecular complexity index is 861. The van der Waals surface area contributed by atoms with E-state index in [1.807, 2.05) is 12.1 Å². The Labute approximate surface area is 158 Å². The van der Waals surface area contributed by atoms with Crippen LogP contribution in [0.3, 0.4) is 0 Å². The maximum Gasteiger partial charge on any atom is 0.377 e. The van der Waals surface area contributed by atoms with Crippen LogP contribution >= 0.6 is 0 Å². The first-order valence-electron chi connectivity index (χ1n) is 10.00. The molecule has 0 bridgehead atoms. The second kappa shape index (κ2) is 6.11. The first-order chi connectivity index (χ1) is 13.1. The maximum atomic E-state index is 12.4. The van der Waals surface area contributed by atoms with Crippen molar-refractivity contribution in [2.75, 3.05) is 0 Å². The topological polar surface area (TPSA) is 72.6 Å². The zero-order valence-electron chi connectivity index (χ0n) is 15.6. The van der Waals surface area contributed by atoms with Crippen LogP contribution < -0.4 is 0 Å². The van der Waals surface area contributed by atoms with Crippen LogP contribution in [0.5, 0.6) is 5.75 Å². The van der Waals surface area contributed by atoms with Crippen molar-refractivity contribution in [3.63, 3.8) is 0 Å². The number of phenolic OH excluding ortho intramolecular Hbond substituents is 1. The van der Waals surface area contributed by atoms with Gasteiger partial charge in [0, 0.05) is 11.5 Å². The van der Waals surface area contributed by atoms with Gasteiger partial charge < -0.3 is 14.4 Å². The van der Waals surface area contributed by atoms with Gasteiger partial charge >= 0.3 is 5.97 Å². The highest BCUT2D eigenvalue weighted by Crippen LogP contribution is 2.61. The van der Waals surface area contributed by atoms with E-state index in [-0.39, 0.29) is 17.3 Å². The highest BCUT2D eigenvalue weighted by molar-refractivity contribution is 5.86. The molecule has 5 atom stereocenters. The van der Waals surface area contributed by atoms with Gasteiger partial charge in [-0.05, 0) is 79.5 Å². The summed E-state index contributed by atoms with van der Waals surface area (Å²) < 4.78 is 10.9.